The van der Waals surface area contributed by atoms with Crippen LogP contribution in [0.2, 0.25) is 0 Å². The van der Waals surface area contributed by atoms with E-state index < -0.39 is 23.0 Å². The van der Waals surface area contributed by atoms with Crippen molar-refractivity contribution in [1.29, 1.82) is 0 Å². The summed E-state index contributed by atoms with van der Waals surface area (Å²) in [5.41, 5.74) is -0.152. The van der Waals surface area contributed by atoms with Crippen LogP contribution in [0, 0.1) is 12.3 Å². The van der Waals surface area contributed by atoms with Crippen LogP contribution < -0.4 is 11.0 Å². The third kappa shape index (κ3) is 2.61. The van der Waals surface area contributed by atoms with Gasteiger partial charge in [0.05, 0.1) is 18.7 Å². The Kier molecular flexibility index (Phi) is 4.05. The maximum atomic E-state index is 12.5. The molecule has 0 aromatic carbocycles. The Balaban J connectivity index is 2.66. The van der Waals surface area contributed by atoms with Crippen molar-refractivity contribution < 1.29 is 14.6 Å². The van der Waals surface area contributed by atoms with E-state index in [4.69, 9.17) is 12.6 Å². The predicted molar refractivity (Wildman–Crippen MR) is 84.5 cm³/mol. The van der Waals surface area contributed by atoms with Crippen molar-refractivity contribution in [2.24, 2.45) is 5.41 Å². The van der Waals surface area contributed by atoms with Crippen molar-refractivity contribution in [3.63, 3.8) is 0 Å². The molecular weight excluding hydrogens is 281 g/mol. The quantitative estimate of drug-likeness (QED) is 0.650. The Hall–Kier alpha value is -2.24. The summed E-state index contributed by atoms with van der Waals surface area (Å²) in [7, 11) is 6.96. The summed E-state index contributed by atoms with van der Waals surface area (Å²) >= 11 is 0. The van der Waals surface area contributed by atoms with Gasteiger partial charge in [-0.1, -0.05) is 26.0 Å². The van der Waals surface area contributed by atoms with Gasteiger partial charge in [-0.25, -0.2) is 4.79 Å². The number of hydrogen-bond acceptors (Lipinski definition) is 4. The molecular formula is C16H18BNO4. The Morgan fingerprint density at radius 2 is 2.09 bits per heavy atom. The number of allylic oxidation sites excluding steroid dienone is 2. The van der Waals surface area contributed by atoms with Gasteiger partial charge in [0.2, 0.25) is 5.56 Å². The molecule has 1 unspecified atom stereocenters. The molecule has 0 saturated carbocycles. The number of hydrogen-bond donors (Lipinski definition) is 1. The third-order valence-corrected chi connectivity index (χ3v) is 3.94. The molecule has 1 aliphatic carbocycles. The summed E-state index contributed by atoms with van der Waals surface area (Å²) in [6, 6.07) is 1.03. The SMILES string of the molecule is [B]c1c(O)cc(C)n(C2C=C(C(=O)OC)C=CC2(C)C)c1=O. The maximum Gasteiger partial charge on any atom is 0.337 e. The number of pyridine rings is 1. The van der Waals surface area contributed by atoms with Crippen LogP contribution in [0.5, 0.6) is 5.75 Å². The Morgan fingerprint density at radius 1 is 1.45 bits per heavy atom. The largest absolute Gasteiger partial charge is 0.508 e. The molecule has 1 heterocycles. The van der Waals surface area contributed by atoms with Gasteiger partial charge >= 0.3 is 5.97 Å². The number of esters is 1. The fourth-order valence-electron chi connectivity index (χ4n) is 2.60. The number of carbonyl (C=O) groups is 1. The number of aromatic nitrogens is 1. The molecule has 0 aliphatic heterocycles. The smallest absolute Gasteiger partial charge is 0.337 e. The molecule has 0 bridgehead atoms. The van der Waals surface area contributed by atoms with Gasteiger partial charge in [-0.3, -0.25) is 4.79 Å². The lowest BCUT2D eigenvalue weighted by Crippen LogP contribution is -2.42. The zero-order chi connectivity index (χ0) is 16.7. The molecule has 1 atom stereocenters. The number of methoxy groups -OCH3 is 1. The zero-order valence-corrected chi connectivity index (χ0v) is 13.1. The van der Waals surface area contributed by atoms with Gasteiger partial charge in [0.25, 0.3) is 0 Å². The van der Waals surface area contributed by atoms with Crippen LogP contribution >= 0.6 is 0 Å². The van der Waals surface area contributed by atoms with E-state index in [1.54, 1.807) is 19.1 Å². The van der Waals surface area contributed by atoms with Crippen molar-refractivity contribution in [2.45, 2.75) is 26.8 Å². The van der Waals surface area contributed by atoms with Crippen LogP contribution in [-0.4, -0.2) is 30.6 Å². The predicted octanol–water partition coefficient (Wildman–Crippen LogP) is 0.893. The van der Waals surface area contributed by atoms with Crippen LogP contribution in [0.15, 0.2) is 34.7 Å². The molecule has 2 radical (unpaired) electrons. The molecule has 1 aromatic heterocycles. The van der Waals surface area contributed by atoms with Crippen molar-refractivity contribution in [1.82, 2.24) is 4.57 Å². The normalized spacial score (nSPS) is 19.6. The van der Waals surface area contributed by atoms with Gasteiger partial charge < -0.3 is 14.4 Å². The zero-order valence-electron chi connectivity index (χ0n) is 13.1. The van der Waals surface area contributed by atoms with E-state index in [1.807, 2.05) is 19.9 Å². The second-order valence-corrected chi connectivity index (χ2v) is 5.97. The summed E-state index contributed by atoms with van der Waals surface area (Å²) in [6.07, 6.45) is 5.24. The van der Waals surface area contributed by atoms with Crippen LogP contribution in [0.4, 0.5) is 0 Å². The van der Waals surface area contributed by atoms with Gasteiger partial charge in [0, 0.05) is 16.6 Å². The van der Waals surface area contributed by atoms with Crippen molar-refractivity contribution in [3.8, 4) is 5.75 Å². The molecule has 1 N–H and O–H groups in total. The maximum absolute atomic E-state index is 12.5. The summed E-state index contributed by atoms with van der Waals surface area (Å²) < 4.78 is 6.22. The molecule has 22 heavy (non-hydrogen) atoms. The summed E-state index contributed by atoms with van der Waals surface area (Å²) in [6.45, 7) is 5.61. The number of nitrogens with zero attached hydrogens (tertiary/aromatic N) is 1. The van der Waals surface area contributed by atoms with Gasteiger partial charge in [0.15, 0.2) is 0 Å². The first-order chi connectivity index (χ1) is 10.2. The van der Waals surface area contributed by atoms with E-state index in [1.165, 1.54) is 17.7 Å². The monoisotopic (exact) mass is 299 g/mol. The molecule has 0 spiro atoms. The van der Waals surface area contributed by atoms with Crippen LogP contribution in [0.25, 0.3) is 0 Å². The molecule has 5 nitrogen and oxygen atoms in total. The van der Waals surface area contributed by atoms with Gasteiger partial charge in [-0.15, -0.1) is 0 Å². The highest BCUT2D eigenvalue weighted by atomic mass is 16.5. The minimum atomic E-state index is -0.480. The number of rotatable bonds is 2. The molecule has 1 aliphatic rings. The lowest BCUT2D eigenvalue weighted by atomic mass is 9.78. The van der Waals surface area contributed by atoms with Gasteiger partial charge in [-0.2, -0.15) is 0 Å². The highest BCUT2D eigenvalue weighted by Gasteiger charge is 2.33. The molecule has 2 rings (SSSR count). The molecule has 0 fully saturated rings. The summed E-state index contributed by atoms with van der Waals surface area (Å²) in [4.78, 5) is 24.2. The highest BCUT2D eigenvalue weighted by molar-refractivity contribution is 6.33. The lowest BCUT2D eigenvalue weighted by Gasteiger charge is -2.35. The first-order valence-corrected chi connectivity index (χ1v) is 6.89. The van der Waals surface area contributed by atoms with E-state index in [2.05, 4.69) is 0 Å². The average Bonchev–Trinajstić information content (AvgIpc) is 2.45. The number of aromatic hydroxyl groups is 1. The molecule has 1 aromatic rings. The Labute approximate surface area is 130 Å². The minimum absolute atomic E-state index is 0.205. The van der Waals surface area contributed by atoms with E-state index >= 15 is 0 Å². The second-order valence-electron chi connectivity index (χ2n) is 5.97. The van der Waals surface area contributed by atoms with E-state index in [0.29, 0.717) is 11.3 Å². The van der Waals surface area contributed by atoms with E-state index in [-0.39, 0.29) is 11.2 Å². The standard InChI is InChI=1S/C16H18BNO4/c1-9-7-11(19)13(17)14(20)18(9)12-8-10(15(21)22-4)5-6-16(12,2)3/h5-8,12,19H,1-4H3. The van der Waals surface area contributed by atoms with Crippen molar-refractivity contribution >= 4 is 19.3 Å². The molecule has 0 saturated heterocycles. The average molecular weight is 299 g/mol. The molecule has 0 amide bonds. The van der Waals surface area contributed by atoms with Crippen molar-refractivity contribution in [3.05, 3.63) is 45.9 Å². The van der Waals surface area contributed by atoms with Crippen LogP contribution in [0.3, 0.4) is 0 Å². The number of carbonyl (C=O) groups excluding carboxylic acids is 1. The van der Waals surface area contributed by atoms with E-state index in [0.717, 1.165) is 0 Å². The summed E-state index contributed by atoms with van der Waals surface area (Å²) in [5.74, 6) is -0.700. The number of ether oxygens (including phenoxy) is 1. The Morgan fingerprint density at radius 3 is 2.68 bits per heavy atom. The first-order valence-electron chi connectivity index (χ1n) is 6.89. The fourth-order valence-corrected chi connectivity index (χ4v) is 2.60. The third-order valence-electron chi connectivity index (χ3n) is 3.94. The fraction of sp³-hybridized carbons (Fsp3) is 0.375. The van der Waals surface area contributed by atoms with Crippen LogP contribution in [0.1, 0.15) is 25.6 Å². The topological polar surface area (TPSA) is 68.5 Å². The second kappa shape index (κ2) is 5.52. The van der Waals surface area contributed by atoms with Gasteiger partial charge in [-0.05, 0) is 19.1 Å². The minimum Gasteiger partial charge on any atom is -0.508 e. The summed E-state index contributed by atoms with van der Waals surface area (Å²) in [5, 5.41) is 9.67. The first kappa shape index (κ1) is 16.1. The van der Waals surface area contributed by atoms with E-state index in [9.17, 15) is 14.7 Å². The number of aryl methyl sites for hydroxylation is 1. The highest BCUT2D eigenvalue weighted by Crippen LogP contribution is 2.38. The molecule has 114 valence electrons. The van der Waals surface area contributed by atoms with Gasteiger partial charge in [0.1, 0.15) is 13.6 Å². The van der Waals surface area contributed by atoms with Crippen LogP contribution in [-0.2, 0) is 9.53 Å². The van der Waals surface area contributed by atoms with Crippen molar-refractivity contribution in [2.75, 3.05) is 7.11 Å². The Bertz CT molecular complexity index is 743. The molecule has 6 heteroatoms. The lowest BCUT2D eigenvalue weighted by molar-refractivity contribution is -0.135.